The largest absolute Gasteiger partial charge is 0.451 e. The molecule has 1 heterocycles. The number of nitrogens with one attached hydrogen (secondary N) is 2. The number of fused-ring (bicyclic) bond motifs is 1. The van der Waals surface area contributed by atoms with Crippen molar-refractivity contribution in [1.82, 2.24) is 10.0 Å². The summed E-state index contributed by atoms with van der Waals surface area (Å²) >= 11 is 3.42. The summed E-state index contributed by atoms with van der Waals surface area (Å²) in [5.41, 5.74) is 2.24. The van der Waals surface area contributed by atoms with Crippen molar-refractivity contribution in [2.45, 2.75) is 37.2 Å². The molecule has 3 aromatic rings. The molecule has 6 nitrogen and oxygen atoms in total. The zero-order valence-corrected chi connectivity index (χ0v) is 17.6. The van der Waals surface area contributed by atoms with Crippen LogP contribution in [-0.2, 0) is 16.6 Å². The normalized spacial score (nSPS) is 14.4. The van der Waals surface area contributed by atoms with E-state index in [0.717, 1.165) is 33.8 Å². The number of rotatable bonds is 6. The SMILES string of the molecule is Cc1c(C(=O)NCc2ccc(S(=O)(=O)NC3CC3)cc2)oc2ccc(Br)cc12. The third kappa shape index (κ3) is 3.99. The van der Waals surface area contributed by atoms with Crippen LogP contribution in [0.2, 0.25) is 0 Å². The van der Waals surface area contributed by atoms with E-state index in [1.807, 2.05) is 25.1 Å². The summed E-state index contributed by atoms with van der Waals surface area (Å²) in [6.45, 7) is 2.12. The topological polar surface area (TPSA) is 88.4 Å². The standard InChI is InChI=1S/C20H19BrN2O4S/c1-12-17-10-14(21)4-9-18(17)27-19(12)20(24)22-11-13-2-7-16(8-3-13)28(25,26)23-15-5-6-15/h2-4,7-10,15,23H,5-6,11H2,1H3,(H,22,24). The molecule has 2 N–H and O–H groups in total. The highest BCUT2D eigenvalue weighted by atomic mass is 79.9. The van der Waals surface area contributed by atoms with Gasteiger partial charge >= 0.3 is 0 Å². The Hall–Kier alpha value is -2.16. The molecule has 1 aliphatic rings. The highest BCUT2D eigenvalue weighted by Crippen LogP contribution is 2.28. The molecule has 2 aromatic carbocycles. The number of carbonyl (C=O) groups excluding carboxylic acids is 1. The number of benzene rings is 2. The molecule has 1 aliphatic carbocycles. The number of sulfonamides is 1. The lowest BCUT2D eigenvalue weighted by molar-refractivity contribution is 0.0924. The lowest BCUT2D eigenvalue weighted by Gasteiger charge is -2.07. The first-order chi connectivity index (χ1) is 13.3. The minimum atomic E-state index is -3.47. The van der Waals surface area contributed by atoms with Crippen molar-refractivity contribution in [3.05, 3.63) is 63.8 Å². The van der Waals surface area contributed by atoms with Crippen LogP contribution in [0, 0.1) is 6.92 Å². The molecule has 28 heavy (non-hydrogen) atoms. The minimum absolute atomic E-state index is 0.0663. The Morgan fingerprint density at radius 3 is 2.57 bits per heavy atom. The Bertz CT molecular complexity index is 1150. The van der Waals surface area contributed by atoms with Crippen LogP contribution >= 0.6 is 15.9 Å². The monoisotopic (exact) mass is 462 g/mol. The molecule has 1 amide bonds. The van der Waals surface area contributed by atoms with Crippen molar-refractivity contribution in [2.75, 3.05) is 0 Å². The summed E-state index contributed by atoms with van der Waals surface area (Å²) < 4.78 is 33.6. The summed E-state index contributed by atoms with van der Waals surface area (Å²) in [5, 5.41) is 3.71. The van der Waals surface area contributed by atoms with Crippen molar-refractivity contribution in [3.63, 3.8) is 0 Å². The van der Waals surface area contributed by atoms with E-state index in [1.165, 1.54) is 0 Å². The van der Waals surface area contributed by atoms with Gasteiger partial charge in [-0.25, -0.2) is 13.1 Å². The Balaban J connectivity index is 1.44. The number of amides is 1. The molecule has 0 unspecified atom stereocenters. The maximum absolute atomic E-state index is 12.5. The van der Waals surface area contributed by atoms with E-state index in [2.05, 4.69) is 26.0 Å². The van der Waals surface area contributed by atoms with Gasteiger partial charge in [-0.3, -0.25) is 4.79 Å². The van der Waals surface area contributed by atoms with Gasteiger partial charge in [0, 0.05) is 28.0 Å². The van der Waals surface area contributed by atoms with Crippen molar-refractivity contribution >= 4 is 42.8 Å². The van der Waals surface area contributed by atoms with Gasteiger partial charge in [-0.15, -0.1) is 0 Å². The van der Waals surface area contributed by atoms with E-state index < -0.39 is 10.0 Å². The number of carbonyl (C=O) groups is 1. The molecular formula is C20H19BrN2O4S. The van der Waals surface area contributed by atoms with Crippen LogP contribution in [0.1, 0.15) is 34.5 Å². The van der Waals surface area contributed by atoms with Crippen LogP contribution in [0.15, 0.2) is 56.2 Å². The van der Waals surface area contributed by atoms with E-state index in [9.17, 15) is 13.2 Å². The molecule has 0 bridgehead atoms. The summed E-state index contributed by atoms with van der Waals surface area (Å²) in [4.78, 5) is 12.8. The molecule has 1 fully saturated rings. The van der Waals surface area contributed by atoms with Gasteiger partial charge in [-0.2, -0.15) is 0 Å². The molecule has 1 aromatic heterocycles. The average molecular weight is 463 g/mol. The van der Waals surface area contributed by atoms with Gasteiger partial charge in [0.25, 0.3) is 5.91 Å². The molecule has 0 radical (unpaired) electrons. The quantitative estimate of drug-likeness (QED) is 0.581. The Kier molecular flexibility index (Phi) is 5.03. The zero-order valence-electron chi connectivity index (χ0n) is 15.2. The molecule has 8 heteroatoms. The van der Waals surface area contributed by atoms with Gasteiger partial charge < -0.3 is 9.73 Å². The van der Waals surface area contributed by atoms with Crippen LogP contribution in [0.4, 0.5) is 0 Å². The number of aryl methyl sites for hydroxylation is 1. The molecule has 4 rings (SSSR count). The van der Waals surface area contributed by atoms with Crippen molar-refractivity contribution < 1.29 is 17.6 Å². The number of hydrogen-bond donors (Lipinski definition) is 2. The molecule has 0 aliphatic heterocycles. The van der Waals surface area contributed by atoms with Gasteiger partial charge in [-0.05, 0) is 55.7 Å². The molecule has 0 saturated heterocycles. The number of hydrogen-bond acceptors (Lipinski definition) is 4. The first-order valence-electron chi connectivity index (χ1n) is 8.91. The van der Waals surface area contributed by atoms with E-state index >= 15 is 0 Å². The van der Waals surface area contributed by atoms with Crippen LogP contribution in [-0.4, -0.2) is 20.4 Å². The maximum atomic E-state index is 12.5. The van der Waals surface area contributed by atoms with Crippen LogP contribution < -0.4 is 10.0 Å². The Labute approximate surface area is 171 Å². The smallest absolute Gasteiger partial charge is 0.287 e. The van der Waals surface area contributed by atoms with Crippen molar-refractivity contribution in [3.8, 4) is 0 Å². The fourth-order valence-electron chi connectivity index (χ4n) is 2.95. The second kappa shape index (κ2) is 7.35. The number of halogens is 1. The Morgan fingerprint density at radius 1 is 1.18 bits per heavy atom. The summed E-state index contributed by atoms with van der Waals surface area (Å²) in [7, 11) is -3.47. The van der Waals surface area contributed by atoms with Gasteiger partial charge in [0.2, 0.25) is 10.0 Å². The van der Waals surface area contributed by atoms with Crippen LogP contribution in [0.5, 0.6) is 0 Å². The molecule has 0 spiro atoms. The van der Waals surface area contributed by atoms with Crippen LogP contribution in [0.3, 0.4) is 0 Å². The van der Waals surface area contributed by atoms with Crippen molar-refractivity contribution in [2.24, 2.45) is 0 Å². The predicted octanol–water partition coefficient (Wildman–Crippen LogP) is 3.87. The summed E-state index contributed by atoms with van der Waals surface area (Å²) in [6, 6.07) is 12.2. The third-order valence-electron chi connectivity index (χ3n) is 4.69. The molecule has 146 valence electrons. The van der Waals surface area contributed by atoms with Gasteiger partial charge in [-0.1, -0.05) is 28.1 Å². The van der Waals surface area contributed by atoms with E-state index in [0.29, 0.717) is 5.58 Å². The van der Waals surface area contributed by atoms with E-state index in [-0.39, 0.29) is 29.1 Å². The van der Waals surface area contributed by atoms with E-state index in [4.69, 9.17) is 4.42 Å². The first kappa shape index (κ1) is 19.2. The Morgan fingerprint density at radius 2 is 1.89 bits per heavy atom. The first-order valence-corrected chi connectivity index (χ1v) is 11.2. The molecular weight excluding hydrogens is 444 g/mol. The minimum Gasteiger partial charge on any atom is -0.451 e. The maximum Gasteiger partial charge on any atom is 0.287 e. The van der Waals surface area contributed by atoms with E-state index in [1.54, 1.807) is 24.3 Å². The predicted molar refractivity (Wildman–Crippen MR) is 110 cm³/mol. The second-order valence-electron chi connectivity index (χ2n) is 6.92. The van der Waals surface area contributed by atoms with Gasteiger partial charge in [0.1, 0.15) is 5.58 Å². The van der Waals surface area contributed by atoms with Crippen LogP contribution in [0.25, 0.3) is 11.0 Å². The van der Waals surface area contributed by atoms with Gasteiger partial charge in [0.05, 0.1) is 4.90 Å². The lowest BCUT2D eigenvalue weighted by Crippen LogP contribution is -2.26. The molecule has 0 atom stereocenters. The lowest BCUT2D eigenvalue weighted by atomic mass is 10.1. The fourth-order valence-corrected chi connectivity index (χ4v) is 4.61. The fraction of sp³-hybridized carbons (Fsp3) is 0.250. The summed E-state index contributed by atoms with van der Waals surface area (Å²) in [6.07, 6.45) is 1.78. The number of furan rings is 1. The highest BCUT2D eigenvalue weighted by molar-refractivity contribution is 9.10. The van der Waals surface area contributed by atoms with Crippen molar-refractivity contribution in [1.29, 1.82) is 0 Å². The summed E-state index contributed by atoms with van der Waals surface area (Å²) in [5.74, 6) is -0.0298. The molecule has 1 saturated carbocycles. The highest BCUT2D eigenvalue weighted by Gasteiger charge is 2.27. The second-order valence-corrected chi connectivity index (χ2v) is 9.55. The zero-order chi connectivity index (χ0) is 19.9. The average Bonchev–Trinajstić information content (AvgIpc) is 3.42. The van der Waals surface area contributed by atoms with Gasteiger partial charge in [0.15, 0.2) is 5.76 Å². The third-order valence-corrected chi connectivity index (χ3v) is 6.72.